The lowest BCUT2D eigenvalue weighted by molar-refractivity contribution is 0.165. The first kappa shape index (κ1) is 15.9. The van der Waals surface area contributed by atoms with Crippen molar-refractivity contribution in [1.82, 2.24) is 10.2 Å². The van der Waals surface area contributed by atoms with E-state index in [1.165, 1.54) is 25.9 Å². The van der Waals surface area contributed by atoms with Crippen LogP contribution in [0.5, 0.6) is 0 Å². The first-order valence-corrected chi connectivity index (χ1v) is 6.86. The maximum absolute atomic E-state index is 3.49. The smallest absolute Gasteiger partial charge is 0.00444 e. The Kier molecular flexibility index (Phi) is 8.04. The SMILES string of the molecule is CCNCC(C)(CC)CN(C)CC(C)CC. The van der Waals surface area contributed by atoms with Crippen LogP contribution in [0, 0.1) is 11.3 Å². The van der Waals surface area contributed by atoms with Gasteiger partial charge in [-0.1, -0.05) is 41.0 Å². The Balaban J connectivity index is 4.08. The van der Waals surface area contributed by atoms with E-state index < -0.39 is 0 Å². The second-order valence-electron chi connectivity index (χ2n) is 5.65. The first-order valence-electron chi connectivity index (χ1n) is 6.86. The monoisotopic (exact) mass is 228 g/mol. The molecule has 16 heavy (non-hydrogen) atoms. The highest BCUT2D eigenvalue weighted by atomic mass is 15.1. The molecule has 2 unspecified atom stereocenters. The quantitative estimate of drug-likeness (QED) is 0.652. The minimum absolute atomic E-state index is 0.415. The third kappa shape index (κ3) is 6.49. The molecule has 0 aliphatic carbocycles. The fraction of sp³-hybridized carbons (Fsp3) is 1.00. The Morgan fingerprint density at radius 1 is 1.25 bits per heavy atom. The molecular formula is C14H32N2. The Hall–Kier alpha value is -0.0800. The standard InChI is InChI=1S/C14H32N2/c1-7-13(4)10-16(6)12-14(5,8-2)11-15-9-3/h13,15H,7-12H2,1-6H3. The maximum atomic E-state index is 3.49. The summed E-state index contributed by atoms with van der Waals surface area (Å²) < 4.78 is 0. The van der Waals surface area contributed by atoms with Gasteiger partial charge in [0.1, 0.15) is 0 Å². The van der Waals surface area contributed by atoms with Crippen molar-refractivity contribution in [2.75, 3.05) is 33.2 Å². The van der Waals surface area contributed by atoms with E-state index in [-0.39, 0.29) is 0 Å². The Bertz CT molecular complexity index is 170. The molecule has 1 N–H and O–H groups in total. The molecule has 0 fully saturated rings. The average molecular weight is 228 g/mol. The van der Waals surface area contributed by atoms with Gasteiger partial charge in [-0.2, -0.15) is 0 Å². The van der Waals surface area contributed by atoms with Crippen molar-refractivity contribution in [3.63, 3.8) is 0 Å². The Morgan fingerprint density at radius 2 is 1.88 bits per heavy atom. The molecule has 0 saturated heterocycles. The number of nitrogens with one attached hydrogen (secondary N) is 1. The minimum atomic E-state index is 0.415. The lowest BCUT2D eigenvalue weighted by Gasteiger charge is -2.34. The first-order chi connectivity index (χ1) is 7.47. The van der Waals surface area contributed by atoms with Gasteiger partial charge in [0.05, 0.1) is 0 Å². The zero-order valence-electron chi connectivity index (χ0n) is 12.3. The van der Waals surface area contributed by atoms with Crippen LogP contribution in [0.2, 0.25) is 0 Å². The average Bonchev–Trinajstić information content (AvgIpc) is 2.26. The minimum Gasteiger partial charge on any atom is -0.316 e. The van der Waals surface area contributed by atoms with E-state index in [1.54, 1.807) is 0 Å². The highest BCUT2D eigenvalue weighted by Crippen LogP contribution is 2.21. The van der Waals surface area contributed by atoms with E-state index in [1.807, 2.05) is 0 Å². The summed E-state index contributed by atoms with van der Waals surface area (Å²) in [5, 5.41) is 3.49. The fourth-order valence-electron chi connectivity index (χ4n) is 2.10. The van der Waals surface area contributed by atoms with Gasteiger partial charge in [-0.15, -0.1) is 0 Å². The van der Waals surface area contributed by atoms with Crippen molar-refractivity contribution in [2.45, 2.75) is 47.5 Å². The van der Waals surface area contributed by atoms with Crippen molar-refractivity contribution in [3.05, 3.63) is 0 Å². The van der Waals surface area contributed by atoms with Crippen molar-refractivity contribution in [3.8, 4) is 0 Å². The van der Waals surface area contributed by atoms with Crippen molar-refractivity contribution >= 4 is 0 Å². The molecule has 98 valence electrons. The molecule has 0 bridgehead atoms. The number of hydrogen-bond donors (Lipinski definition) is 1. The van der Waals surface area contributed by atoms with Crippen molar-refractivity contribution in [2.24, 2.45) is 11.3 Å². The second kappa shape index (κ2) is 8.08. The number of nitrogens with zero attached hydrogens (tertiary/aromatic N) is 1. The van der Waals surface area contributed by atoms with Crippen LogP contribution in [0.15, 0.2) is 0 Å². The van der Waals surface area contributed by atoms with Gasteiger partial charge in [0.15, 0.2) is 0 Å². The van der Waals surface area contributed by atoms with Gasteiger partial charge in [0, 0.05) is 19.6 Å². The molecule has 0 heterocycles. The molecule has 0 saturated carbocycles. The lowest BCUT2D eigenvalue weighted by atomic mass is 9.86. The van der Waals surface area contributed by atoms with E-state index >= 15 is 0 Å². The van der Waals surface area contributed by atoms with Crippen LogP contribution in [0.4, 0.5) is 0 Å². The van der Waals surface area contributed by atoms with Gasteiger partial charge in [-0.05, 0) is 31.3 Å². The topological polar surface area (TPSA) is 15.3 Å². The number of hydrogen-bond acceptors (Lipinski definition) is 2. The second-order valence-corrected chi connectivity index (χ2v) is 5.65. The molecule has 0 aromatic carbocycles. The summed E-state index contributed by atoms with van der Waals surface area (Å²) in [6, 6.07) is 0. The maximum Gasteiger partial charge on any atom is 0.00444 e. The van der Waals surface area contributed by atoms with Gasteiger partial charge < -0.3 is 10.2 Å². The predicted octanol–water partition coefficient (Wildman–Crippen LogP) is 2.99. The van der Waals surface area contributed by atoms with Crippen LogP contribution < -0.4 is 5.32 Å². The molecule has 0 spiro atoms. The highest BCUT2D eigenvalue weighted by Gasteiger charge is 2.23. The normalized spacial score (nSPS) is 17.4. The zero-order valence-corrected chi connectivity index (χ0v) is 12.3. The summed E-state index contributed by atoms with van der Waals surface area (Å²) in [6.45, 7) is 16.1. The van der Waals surface area contributed by atoms with E-state index in [4.69, 9.17) is 0 Å². The number of rotatable bonds is 9. The van der Waals surface area contributed by atoms with Crippen LogP contribution in [0.1, 0.15) is 47.5 Å². The molecule has 2 heteroatoms. The summed E-state index contributed by atoms with van der Waals surface area (Å²) in [6.07, 6.45) is 2.52. The van der Waals surface area contributed by atoms with Crippen molar-refractivity contribution < 1.29 is 0 Å². The van der Waals surface area contributed by atoms with Gasteiger partial charge in [0.25, 0.3) is 0 Å². The highest BCUT2D eigenvalue weighted by molar-refractivity contribution is 4.79. The van der Waals surface area contributed by atoms with Crippen LogP contribution in [-0.4, -0.2) is 38.1 Å². The molecule has 0 radical (unpaired) electrons. The van der Waals surface area contributed by atoms with Crippen LogP contribution in [0.3, 0.4) is 0 Å². The molecule has 0 amide bonds. The lowest BCUT2D eigenvalue weighted by Crippen LogP contribution is -2.41. The molecule has 0 aliphatic rings. The zero-order chi connectivity index (χ0) is 12.6. The molecule has 2 nitrogen and oxygen atoms in total. The van der Waals surface area contributed by atoms with Crippen LogP contribution in [-0.2, 0) is 0 Å². The van der Waals surface area contributed by atoms with Crippen LogP contribution >= 0.6 is 0 Å². The molecular weight excluding hydrogens is 196 g/mol. The summed E-state index contributed by atoms with van der Waals surface area (Å²) >= 11 is 0. The molecule has 0 rings (SSSR count). The summed E-state index contributed by atoms with van der Waals surface area (Å²) in [5.41, 5.74) is 0.415. The third-order valence-corrected chi connectivity index (χ3v) is 3.63. The molecule has 2 atom stereocenters. The van der Waals surface area contributed by atoms with E-state index in [0.717, 1.165) is 19.0 Å². The summed E-state index contributed by atoms with van der Waals surface area (Å²) in [7, 11) is 2.26. The molecule has 0 aromatic rings. The van der Waals surface area contributed by atoms with Crippen LogP contribution in [0.25, 0.3) is 0 Å². The Labute approximate surface area is 103 Å². The molecule has 0 aliphatic heterocycles. The van der Waals surface area contributed by atoms with Gasteiger partial charge in [0.2, 0.25) is 0 Å². The van der Waals surface area contributed by atoms with Gasteiger partial charge >= 0.3 is 0 Å². The van der Waals surface area contributed by atoms with E-state index in [2.05, 4.69) is 51.9 Å². The third-order valence-electron chi connectivity index (χ3n) is 3.63. The summed E-state index contributed by atoms with van der Waals surface area (Å²) in [4.78, 5) is 2.50. The van der Waals surface area contributed by atoms with E-state index in [0.29, 0.717) is 5.41 Å². The predicted molar refractivity (Wildman–Crippen MR) is 73.9 cm³/mol. The van der Waals surface area contributed by atoms with Crippen molar-refractivity contribution in [1.29, 1.82) is 0 Å². The summed E-state index contributed by atoms with van der Waals surface area (Å²) in [5.74, 6) is 0.810. The Morgan fingerprint density at radius 3 is 2.31 bits per heavy atom. The molecule has 0 aromatic heterocycles. The van der Waals surface area contributed by atoms with Gasteiger partial charge in [-0.3, -0.25) is 0 Å². The van der Waals surface area contributed by atoms with Gasteiger partial charge in [-0.25, -0.2) is 0 Å². The van der Waals surface area contributed by atoms with E-state index in [9.17, 15) is 0 Å². The fourth-order valence-corrected chi connectivity index (χ4v) is 2.10. The largest absolute Gasteiger partial charge is 0.316 e.